The van der Waals surface area contributed by atoms with Crippen molar-refractivity contribution in [2.45, 2.75) is 11.8 Å². The topological polar surface area (TPSA) is 80.7 Å². The number of halogens is 1. The highest BCUT2D eigenvalue weighted by molar-refractivity contribution is 7.87. The highest BCUT2D eigenvalue weighted by Crippen LogP contribution is 2.37. The third kappa shape index (κ3) is 4.08. The average Bonchev–Trinajstić information content (AvgIpc) is 2.13. The van der Waals surface area contributed by atoms with Crippen molar-refractivity contribution in [3.05, 3.63) is 28.8 Å². The summed E-state index contributed by atoms with van der Waals surface area (Å²) in [5, 5.41) is 0.0221. The minimum Gasteiger partial charge on any atom is -0.343 e. The molecule has 0 aromatic heterocycles. The van der Waals surface area contributed by atoms with E-state index in [9.17, 15) is 13.0 Å². The van der Waals surface area contributed by atoms with Gasteiger partial charge in [0.2, 0.25) is 7.37 Å². The van der Waals surface area contributed by atoms with Crippen LogP contribution in [0.2, 0.25) is 5.02 Å². The molecule has 1 aromatic rings. The Balaban J connectivity index is 3.11. The lowest BCUT2D eigenvalue weighted by atomic mass is 10.2. The van der Waals surface area contributed by atoms with Crippen LogP contribution in [0.4, 0.5) is 0 Å². The van der Waals surface area contributed by atoms with Crippen molar-refractivity contribution >= 4 is 29.1 Å². The monoisotopic (exact) mass is 298 g/mol. The Bertz CT molecular complexity index is 542. The van der Waals surface area contributed by atoms with Crippen molar-refractivity contribution in [1.82, 2.24) is 0 Å². The van der Waals surface area contributed by atoms with Crippen molar-refractivity contribution in [1.29, 1.82) is 0 Å². The molecule has 0 amide bonds. The van der Waals surface area contributed by atoms with Crippen LogP contribution >= 0.6 is 19.0 Å². The van der Waals surface area contributed by atoms with E-state index in [4.69, 9.17) is 16.5 Å². The zero-order valence-corrected chi connectivity index (χ0v) is 11.7. The number of hydrogen-bond acceptors (Lipinski definition) is 4. The van der Waals surface area contributed by atoms with Gasteiger partial charge in [0, 0.05) is 6.66 Å². The molecule has 1 rings (SSSR count). The summed E-state index contributed by atoms with van der Waals surface area (Å²) < 4.78 is 39.1. The standard InChI is InChI=1S/C9H12ClO5PS/c1-7-4-3-5-8(10)9(7)17(13,14)15-6-16(2,11)12/h3-5H,6H2,1-2H3,(H,11,12). The summed E-state index contributed by atoms with van der Waals surface area (Å²) in [7, 11) is -7.68. The van der Waals surface area contributed by atoms with Crippen LogP contribution in [0.3, 0.4) is 0 Å². The average molecular weight is 299 g/mol. The highest BCUT2D eigenvalue weighted by Gasteiger charge is 2.24. The van der Waals surface area contributed by atoms with E-state index in [1.54, 1.807) is 19.1 Å². The molecule has 1 aromatic carbocycles. The largest absolute Gasteiger partial charge is 0.343 e. The van der Waals surface area contributed by atoms with Crippen LogP contribution in [-0.4, -0.2) is 26.3 Å². The van der Waals surface area contributed by atoms with Gasteiger partial charge in [-0.05, 0) is 18.6 Å². The van der Waals surface area contributed by atoms with Gasteiger partial charge in [0.25, 0.3) is 10.1 Å². The maximum absolute atomic E-state index is 11.8. The molecule has 0 aliphatic carbocycles. The van der Waals surface area contributed by atoms with Crippen molar-refractivity contribution in [3.8, 4) is 0 Å². The van der Waals surface area contributed by atoms with Crippen LogP contribution in [0.15, 0.2) is 23.1 Å². The lowest BCUT2D eigenvalue weighted by Crippen LogP contribution is -2.10. The Morgan fingerprint density at radius 3 is 2.53 bits per heavy atom. The quantitative estimate of drug-likeness (QED) is 0.681. The predicted octanol–water partition coefficient (Wildman–Crippen LogP) is 2.21. The number of aryl methyl sites for hydroxylation is 1. The van der Waals surface area contributed by atoms with Gasteiger partial charge < -0.3 is 4.89 Å². The van der Waals surface area contributed by atoms with E-state index in [2.05, 4.69) is 4.18 Å². The molecule has 0 radical (unpaired) electrons. The first-order valence-corrected chi connectivity index (χ1v) is 8.65. The van der Waals surface area contributed by atoms with Gasteiger partial charge in [0.1, 0.15) is 11.2 Å². The lowest BCUT2D eigenvalue weighted by Gasteiger charge is -2.10. The fraction of sp³-hybridized carbons (Fsp3) is 0.333. The third-order valence-electron chi connectivity index (χ3n) is 1.86. The Morgan fingerprint density at radius 1 is 1.47 bits per heavy atom. The van der Waals surface area contributed by atoms with Crippen LogP contribution in [0.25, 0.3) is 0 Å². The molecule has 1 N–H and O–H groups in total. The molecule has 0 spiro atoms. The summed E-state index contributed by atoms with van der Waals surface area (Å²) in [6.07, 6.45) is -0.764. The van der Waals surface area contributed by atoms with Gasteiger partial charge in [0.15, 0.2) is 0 Å². The molecule has 0 aliphatic heterocycles. The molecule has 0 heterocycles. The van der Waals surface area contributed by atoms with Gasteiger partial charge in [-0.2, -0.15) is 8.42 Å². The fourth-order valence-corrected chi connectivity index (χ4v) is 3.89. The van der Waals surface area contributed by atoms with E-state index in [1.807, 2.05) is 0 Å². The summed E-state index contributed by atoms with van der Waals surface area (Å²) in [5.74, 6) is 0. The third-order valence-corrected chi connectivity index (χ3v) is 4.54. The molecular weight excluding hydrogens is 287 g/mol. The molecule has 1 atom stereocenters. The van der Waals surface area contributed by atoms with Crippen LogP contribution in [0.1, 0.15) is 5.56 Å². The summed E-state index contributed by atoms with van der Waals surface area (Å²) in [6.45, 7) is 2.58. The molecule has 0 saturated carbocycles. The van der Waals surface area contributed by atoms with Crippen molar-refractivity contribution in [2.24, 2.45) is 0 Å². The molecule has 17 heavy (non-hydrogen) atoms. The zero-order valence-electron chi connectivity index (χ0n) is 9.25. The van der Waals surface area contributed by atoms with Gasteiger partial charge in [-0.3, -0.25) is 8.75 Å². The number of hydrogen-bond donors (Lipinski definition) is 1. The second kappa shape index (κ2) is 5.08. The van der Waals surface area contributed by atoms with Gasteiger partial charge in [-0.15, -0.1) is 0 Å². The fourth-order valence-electron chi connectivity index (χ4n) is 1.16. The van der Waals surface area contributed by atoms with Crippen LogP contribution in [-0.2, 0) is 18.9 Å². The second-order valence-electron chi connectivity index (χ2n) is 3.64. The number of benzene rings is 1. The zero-order chi connectivity index (χ0) is 13.3. The first-order valence-electron chi connectivity index (χ1n) is 4.57. The smallest absolute Gasteiger partial charge is 0.299 e. The minimum absolute atomic E-state index is 0.0221. The van der Waals surface area contributed by atoms with E-state index in [-0.39, 0.29) is 9.92 Å². The van der Waals surface area contributed by atoms with Gasteiger partial charge in [0.05, 0.1) is 5.02 Å². The molecular formula is C9H12ClO5PS. The number of rotatable bonds is 4. The molecule has 96 valence electrons. The van der Waals surface area contributed by atoms with E-state index in [1.165, 1.54) is 6.07 Å². The molecule has 5 nitrogen and oxygen atoms in total. The van der Waals surface area contributed by atoms with E-state index in [0.717, 1.165) is 6.66 Å². The van der Waals surface area contributed by atoms with Crippen LogP contribution in [0.5, 0.6) is 0 Å². The minimum atomic E-state index is -4.12. The van der Waals surface area contributed by atoms with Crippen LogP contribution in [0, 0.1) is 6.92 Å². The Kier molecular flexibility index (Phi) is 4.38. The Morgan fingerprint density at radius 2 is 2.06 bits per heavy atom. The summed E-state index contributed by atoms with van der Waals surface area (Å²) in [5.41, 5.74) is 0.418. The molecule has 0 aliphatic rings. The first kappa shape index (κ1) is 14.7. The normalized spacial score (nSPS) is 15.5. The van der Waals surface area contributed by atoms with Gasteiger partial charge in [-0.25, -0.2) is 0 Å². The van der Waals surface area contributed by atoms with Crippen LogP contribution < -0.4 is 0 Å². The van der Waals surface area contributed by atoms with E-state index in [0.29, 0.717) is 5.56 Å². The second-order valence-corrected chi connectivity index (χ2v) is 7.96. The maximum Gasteiger partial charge on any atom is 0.299 e. The molecule has 8 heteroatoms. The summed E-state index contributed by atoms with van der Waals surface area (Å²) in [6, 6.07) is 4.58. The maximum atomic E-state index is 11.8. The van der Waals surface area contributed by atoms with Gasteiger partial charge >= 0.3 is 0 Å². The van der Waals surface area contributed by atoms with E-state index >= 15 is 0 Å². The van der Waals surface area contributed by atoms with Crippen molar-refractivity contribution in [2.75, 3.05) is 13.0 Å². The molecule has 0 saturated heterocycles. The van der Waals surface area contributed by atoms with Crippen molar-refractivity contribution < 1.29 is 22.1 Å². The molecule has 0 bridgehead atoms. The van der Waals surface area contributed by atoms with E-state index < -0.39 is 23.8 Å². The summed E-state index contributed by atoms with van der Waals surface area (Å²) in [4.78, 5) is 8.83. The SMILES string of the molecule is Cc1cccc(Cl)c1S(=O)(=O)OCP(C)(=O)O. The highest BCUT2D eigenvalue weighted by atomic mass is 35.5. The lowest BCUT2D eigenvalue weighted by molar-refractivity contribution is 0.348. The predicted molar refractivity (Wildman–Crippen MR) is 65.1 cm³/mol. The Hall–Kier alpha value is -0.390. The van der Waals surface area contributed by atoms with Crippen molar-refractivity contribution in [3.63, 3.8) is 0 Å². The van der Waals surface area contributed by atoms with Gasteiger partial charge in [-0.1, -0.05) is 23.7 Å². The molecule has 1 unspecified atom stereocenters. The Labute approximate surface area is 105 Å². The molecule has 0 fully saturated rings. The first-order chi connectivity index (χ1) is 7.63. The summed E-state index contributed by atoms with van der Waals surface area (Å²) >= 11 is 5.77.